The molecule has 0 aliphatic carbocycles. The smallest absolute Gasteiger partial charge is 0.336 e. The first-order valence-electron chi connectivity index (χ1n) is 8.74. The topological polar surface area (TPSA) is 89.1 Å². The summed E-state index contributed by atoms with van der Waals surface area (Å²) < 4.78 is 17.7. The number of hydrogen-bond donors (Lipinski definition) is 2. The van der Waals surface area contributed by atoms with Crippen LogP contribution in [0.15, 0.2) is 21.4 Å². The molecule has 0 amide bonds. The summed E-state index contributed by atoms with van der Waals surface area (Å²) in [5.74, 6) is 0.778. The predicted molar refractivity (Wildman–Crippen MR) is 96.4 cm³/mol. The fourth-order valence-corrected chi connectivity index (χ4v) is 3.64. The first-order valence-corrected chi connectivity index (χ1v) is 8.74. The zero-order valence-corrected chi connectivity index (χ0v) is 15.2. The normalized spacial score (nSPS) is 26.0. The Kier molecular flexibility index (Phi) is 3.68. The zero-order valence-electron chi connectivity index (χ0n) is 15.2. The number of rotatable bonds is 1. The van der Waals surface area contributed by atoms with Crippen LogP contribution in [-0.2, 0) is 6.61 Å². The molecule has 6 heteroatoms. The number of aliphatic hydroxyl groups excluding tert-OH is 2. The number of aliphatic hydroxyl groups is 2. The SMILES string of the molecule is C[C@H]1[C@H](C)Oc2c3c(c4c(CO)cc(=O)oc4c2[C@H]1O)OC(C)(C)C=C3. The van der Waals surface area contributed by atoms with Crippen molar-refractivity contribution in [3.05, 3.63) is 39.3 Å². The third-order valence-corrected chi connectivity index (χ3v) is 5.27. The summed E-state index contributed by atoms with van der Waals surface area (Å²) in [6.07, 6.45) is 2.74. The molecule has 2 aromatic rings. The van der Waals surface area contributed by atoms with Gasteiger partial charge in [-0.3, -0.25) is 0 Å². The van der Waals surface area contributed by atoms with Gasteiger partial charge in [0.05, 0.1) is 29.2 Å². The predicted octanol–water partition coefficient (Wildman–Crippen LogP) is 2.92. The standard InChI is InChI=1S/C20H22O6/c1-9-10(2)24-17-12-5-6-20(3,4)26-18(12)14-11(8-21)7-13(22)25-19(14)15(17)16(9)23/h5-7,9-10,16,21,23H,8H2,1-4H3/t9-,10-,16-/m0/s1. The third kappa shape index (κ3) is 2.36. The molecule has 0 radical (unpaired) electrons. The van der Waals surface area contributed by atoms with E-state index in [0.717, 1.165) is 0 Å². The molecule has 0 saturated carbocycles. The van der Waals surface area contributed by atoms with Crippen molar-refractivity contribution in [2.75, 3.05) is 0 Å². The van der Waals surface area contributed by atoms with Crippen molar-refractivity contribution in [3.63, 3.8) is 0 Å². The van der Waals surface area contributed by atoms with Gasteiger partial charge in [-0.25, -0.2) is 4.79 Å². The Balaban J connectivity index is 2.19. The molecule has 3 atom stereocenters. The van der Waals surface area contributed by atoms with E-state index in [0.29, 0.717) is 33.6 Å². The van der Waals surface area contributed by atoms with E-state index in [1.54, 1.807) is 0 Å². The average Bonchev–Trinajstić information content (AvgIpc) is 2.57. The fourth-order valence-electron chi connectivity index (χ4n) is 3.64. The van der Waals surface area contributed by atoms with Gasteiger partial charge in [0.1, 0.15) is 23.2 Å². The lowest BCUT2D eigenvalue weighted by Gasteiger charge is -2.37. The Labute approximate surface area is 150 Å². The van der Waals surface area contributed by atoms with Crippen LogP contribution in [-0.4, -0.2) is 21.9 Å². The second-order valence-electron chi connectivity index (χ2n) is 7.60. The molecule has 1 aromatic heterocycles. The molecule has 1 aromatic carbocycles. The van der Waals surface area contributed by atoms with Gasteiger partial charge in [0, 0.05) is 12.0 Å². The van der Waals surface area contributed by atoms with Crippen LogP contribution in [0.25, 0.3) is 17.0 Å². The number of ether oxygens (including phenoxy) is 2. The van der Waals surface area contributed by atoms with Gasteiger partial charge in [0.15, 0.2) is 5.58 Å². The van der Waals surface area contributed by atoms with Gasteiger partial charge in [0.2, 0.25) is 0 Å². The molecule has 0 saturated heterocycles. The van der Waals surface area contributed by atoms with Gasteiger partial charge in [0.25, 0.3) is 0 Å². The van der Waals surface area contributed by atoms with E-state index in [2.05, 4.69) is 0 Å². The minimum Gasteiger partial charge on any atom is -0.489 e. The summed E-state index contributed by atoms with van der Waals surface area (Å²) in [5.41, 5.74) is 0.585. The lowest BCUT2D eigenvalue weighted by atomic mass is 9.85. The van der Waals surface area contributed by atoms with E-state index < -0.39 is 17.3 Å². The second-order valence-corrected chi connectivity index (χ2v) is 7.60. The maximum Gasteiger partial charge on any atom is 0.336 e. The highest BCUT2D eigenvalue weighted by atomic mass is 16.5. The van der Waals surface area contributed by atoms with E-state index in [-0.39, 0.29) is 24.2 Å². The van der Waals surface area contributed by atoms with Gasteiger partial charge >= 0.3 is 5.63 Å². The molecule has 2 aliphatic heterocycles. The van der Waals surface area contributed by atoms with Crippen molar-refractivity contribution in [2.45, 2.75) is 52.1 Å². The van der Waals surface area contributed by atoms with Gasteiger partial charge in [-0.15, -0.1) is 0 Å². The van der Waals surface area contributed by atoms with Crippen LogP contribution in [0.5, 0.6) is 11.5 Å². The van der Waals surface area contributed by atoms with E-state index >= 15 is 0 Å². The molecular formula is C20H22O6. The summed E-state index contributed by atoms with van der Waals surface area (Å²) in [6.45, 7) is 7.26. The Morgan fingerprint density at radius 3 is 2.65 bits per heavy atom. The highest BCUT2D eigenvalue weighted by Crippen LogP contribution is 2.52. The van der Waals surface area contributed by atoms with Crippen LogP contribution in [0.4, 0.5) is 0 Å². The van der Waals surface area contributed by atoms with Crippen molar-refractivity contribution in [2.24, 2.45) is 5.92 Å². The van der Waals surface area contributed by atoms with E-state index in [1.807, 2.05) is 39.8 Å². The molecule has 138 valence electrons. The summed E-state index contributed by atoms with van der Waals surface area (Å²) >= 11 is 0. The zero-order chi connectivity index (χ0) is 18.8. The van der Waals surface area contributed by atoms with Crippen LogP contribution < -0.4 is 15.1 Å². The third-order valence-electron chi connectivity index (χ3n) is 5.27. The van der Waals surface area contributed by atoms with Crippen molar-refractivity contribution < 1.29 is 24.1 Å². The molecule has 3 heterocycles. The van der Waals surface area contributed by atoms with Crippen LogP contribution in [0.1, 0.15) is 50.5 Å². The van der Waals surface area contributed by atoms with Crippen molar-refractivity contribution in [1.82, 2.24) is 0 Å². The highest BCUT2D eigenvalue weighted by Gasteiger charge is 2.39. The van der Waals surface area contributed by atoms with Gasteiger partial charge in [-0.05, 0) is 38.5 Å². The summed E-state index contributed by atoms with van der Waals surface area (Å²) in [7, 11) is 0. The van der Waals surface area contributed by atoms with Crippen LogP contribution >= 0.6 is 0 Å². The van der Waals surface area contributed by atoms with E-state index in [9.17, 15) is 15.0 Å². The molecule has 4 rings (SSSR count). The van der Waals surface area contributed by atoms with Crippen molar-refractivity contribution in [1.29, 1.82) is 0 Å². The molecule has 26 heavy (non-hydrogen) atoms. The molecule has 0 fully saturated rings. The largest absolute Gasteiger partial charge is 0.489 e. The van der Waals surface area contributed by atoms with Gasteiger partial charge in [-0.1, -0.05) is 6.92 Å². The van der Waals surface area contributed by atoms with E-state index in [4.69, 9.17) is 13.9 Å². The molecule has 0 unspecified atom stereocenters. The molecule has 0 bridgehead atoms. The van der Waals surface area contributed by atoms with Crippen LogP contribution in [0.2, 0.25) is 0 Å². The Morgan fingerprint density at radius 2 is 1.96 bits per heavy atom. The minimum atomic E-state index is -0.859. The summed E-state index contributed by atoms with van der Waals surface area (Å²) in [5, 5.41) is 21.2. The maximum absolute atomic E-state index is 12.0. The lowest BCUT2D eigenvalue weighted by Crippen LogP contribution is -2.34. The molecule has 6 nitrogen and oxygen atoms in total. The van der Waals surface area contributed by atoms with Gasteiger partial charge < -0.3 is 24.1 Å². The average molecular weight is 358 g/mol. The molecular weight excluding hydrogens is 336 g/mol. The van der Waals surface area contributed by atoms with Crippen molar-refractivity contribution >= 4 is 17.0 Å². The molecule has 2 aliphatic rings. The minimum absolute atomic E-state index is 0.184. The molecule has 0 spiro atoms. The lowest BCUT2D eigenvalue weighted by molar-refractivity contribution is 0.0173. The quantitative estimate of drug-likeness (QED) is 0.762. The highest BCUT2D eigenvalue weighted by molar-refractivity contribution is 5.97. The fraction of sp³-hybridized carbons (Fsp3) is 0.450. The second kappa shape index (κ2) is 5.59. The Bertz CT molecular complexity index is 984. The molecule has 2 N–H and O–H groups in total. The van der Waals surface area contributed by atoms with Crippen molar-refractivity contribution in [3.8, 4) is 11.5 Å². The maximum atomic E-state index is 12.0. The van der Waals surface area contributed by atoms with Crippen LogP contribution in [0.3, 0.4) is 0 Å². The summed E-state index contributed by atoms with van der Waals surface area (Å²) in [4.78, 5) is 12.0. The first-order chi connectivity index (χ1) is 12.2. The van der Waals surface area contributed by atoms with E-state index in [1.165, 1.54) is 6.07 Å². The van der Waals surface area contributed by atoms with Gasteiger partial charge in [-0.2, -0.15) is 0 Å². The van der Waals surface area contributed by atoms with Crippen LogP contribution in [0, 0.1) is 5.92 Å². The number of hydrogen-bond acceptors (Lipinski definition) is 6. The Hall–Kier alpha value is -2.31. The summed E-state index contributed by atoms with van der Waals surface area (Å²) in [6, 6.07) is 1.26. The monoisotopic (exact) mass is 358 g/mol. The Morgan fingerprint density at radius 1 is 1.23 bits per heavy atom. The number of fused-ring (bicyclic) bond motifs is 6. The number of benzene rings is 1. The first kappa shape index (κ1) is 17.1.